The predicted octanol–water partition coefficient (Wildman–Crippen LogP) is 4.32. The van der Waals surface area contributed by atoms with E-state index in [1.807, 2.05) is 0 Å². The number of hydrazone groups is 1. The summed E-state index contributed by atoms with van der Waals surface area (Å²) in [7, 11) is 1.42. The Morgan fingerprint density at radius 3 is 2.68 bits per heavy atom. The van der Waals surface area contributed by atoms with Gasteiger partial charge in [0.2, 0.25) is 0 Å². The van der Waals surface area contributed by atoms with Crippen LogP contribution in [0, 0.1) is 0 Å². The number of hydrogen-bond acceptors (Lipinski definition) is 5. The lowest BCUT2D eigenvalue weighted by Crippen LogP contribution is -2.21. The second-order valence-corrected chi connectivity index (χ2v) is 7.14. The van der Waals surface area contributed by atoms with E-state index in [-0.39, 0.29) is 22.1 Å². The fraction of sp³-hybridized carbons (Fsp3) is 0.105. The average Bonchev–Trinajstić information content (AvgIpc) is 2.92. The molecule has 28 heavy (non-hydrogen) atoms. The van der Waals surface area contributed by atoms with Crippen LogP contribution in [0.4, 0.5) is 5.69 Å². The standard InChI is InChI=1S/C19H14BrClN2O5/c1-9-12(5-10-6-14(20)17(24)16(7-10)28-2)18(25)23(22-9)11-3-4-15(21)13(8-11)19(26)27/h3-8,24H,1-2H3,(H,26,27)/b12-5+. The molecule has 9 heteroatoms. The lowest BCUT2D eigenvalue weighted by atomic mass is 10.1. The zero-order valence-corrected chi connectivity index (χ0v) is 17.1. The Bertz CT molecular complexity index is 1060. The Kier molecular flexibility index (Phi) is 5.44. The number of anilines is 1. The Morgan fingerprint density at radius 1 is 1.32 bits per heavy atom. The van der Waals surface area contributed by atoms with Crippen LogP contribution in [-0.4, -0.2) is 34.9 Å². The van der Waals surface area contributed by atoms with Gasteiger partial charge in [0.1, 0.15) is 0 Å². The molecule has 0 spiro atoms. The smallest absolute Gasteiger partial charge is 0.337 e. The highest BCUT2D eigenvalue weighted by molar-refractivity contribution is 9.10. The van der Waals surface area contributed by atoms with Crippen molar-refractivity contribution < 1.29 is 24.5 Å². The molecule has 3 rings (SSSR count). The molecule has 0 saturated heterocycles. The van der Waals surface area contributed by atoms with E-state index in [0.29, 0.717) is 27.0 Å². The first-order valence-corrected chi connectivity index (χ1v) is 9.11. The highest BCUT2D eigenvalue weighted by atomic mass is 79.9. The number of carboxylic acids is 1. The molecule has 0 saturated carbocycles. The summed E-state index contributed by atoms with van der Waals surface area (Å²) in [5.41, 5.74) is 1.57. The number of phenols is 1. The Hall–Kier alpha value is -2.84. The van der Waals surface area contributed by atoms with E-state index < -0.39 is 11.9 Å². The number of nitrogens with zero attached hydrogens (tertiary/aromatic N) is 2. The van der Waals surface area contributed by atoms with Gasteiger partial charge in [0, 0.05) is 0 Å². The monoisotopic (exact) mass is 464 g/mol. The molecule has 0 aromatic heterocycles. The van der Waals surface area contributed by atoms with Gasteiger partial charge in [0.15, 0.2) is 11.5 Å². The Balaban J connectivity index is 2.00. The molecule has 2 N–H and O–H groups in total. The first kappa shape index (κ1) is 19.9. The molecule has 1 heterocycles. The van der Waals surface area contributed by atoms with Crippen molar-refractivity contribution in [1.82, 2.24) is 0 Å². The Labute approximate surface area is 173 Å². The largest absolute Gasteiger partial charge is 0.503 e. The quantitative estimate of drug-likeness (QED) is 0.655. The fourth-order valence-electron chi connectivity index (χ4n) is 2.67. The number of ether oxygens (including phenoxy) is 1. The van der Waals surface area contributed by atoms with E-state index in [9.17, 15) is 19.8 Å². The number of hydrogen-bond donors (Lipinski definition) is 2. The normalized spacial score (nSPS) is 15.1. The molecule has 0 aliphatic carbocycles. The van der Waals surface area contributed by atoms with E-state index in [0.717, 1.165) is 5.01 Å². The molecule has 144 valence electrons. The van der Waals surface area contributed by atoms with Gasteiger partial charge in [-0.1, -0.05) is 11.6 Å². The first-order valence-electron chi connectivity index (χ1n) is 7.94. The van der Waals surface area contributed by atoms with Crippen molar-refractivity contribution in [1.29, 1.82) is 0 Å². The van der Waals surface area contributed by atoms with Crippen LogP contribution in [0.15, 0.2) is 45.5 Å². The topological polar surface area (TPSA) is 99.4 Å². The lowest BCUT2D eigenvalue weighted by Gasteiger charge is -2.13. The highest BCUT2D eigenvalue weighted by Crippen LogP contribution is 2.36. The van der Waals surface area contributed by atoms with Gasteiger partial charge in [-0.2, -0.15) is 10.1 Å². The van der Waals surface area contributed by atoms with Gasteiger partial charge >= 0.3 is 5.97 Å². The number of phenolic OH excluding ortho intramolecular Hbond substituents is 1. The maximum absolute atomic E-state index is 12.9. The van der Waals surface area contributed by atoms with Crippen LogP contribution in [0.25, 0.3) is 6.08 Å². The molecule has 0 bridgehead atoms. The van der Waals surface area contributed by atoms with Gasteiger partial charge in [-0.25, -0.2) is 4.79 Å². The number of aromatic carboxylic acids is 1. The van der Waals surface area contributed by atoms with E-state index in [1.165, 1.54) is 25.3 Å². The van der Waals surface area contributed by atoms with Gasteiger partial charge < -0.3 is 14.9 Å². The van der Waals surface area contributed by atoms with Crippen LogP contribution in [-0.2, 0) is 4.79 Å². The number of methoxy groups -OCH3 is 1. The van der Waals surface area contributed by atoms with E-state index in [2.05, 4.69) is 21.0 Å². The van der Waals surface area contributed by atoms with Crippen molar-refractivity contribution in [3.05, 3.63) is 56.5 Å². The minimum Gasteiger partial charge on any atom is -0.503 e. The van der Waals surface area contributed by atoms with Crippen LogP contribution in [0.5, 0.6) is 11.5 Å². The van der Waals surface area contributed by atoms with Crippen LogP contribution < -0.4 is 9.75 Å². The van der Waals surface area contributed by atoms with E-state index in [1.54, 1.807) is 25.1 Å². The summed E-state index contributed by atoms with van der Waals surface area (Å²) in [5, 5.41) is 24.6. The molecule has 2 aromatic rings. The highest BCUT2D eigenvalue weighted by Gasteiger charge is 2.29. The molecule has 7 nitrogen and oxygen atoms in total. The van der Waals surface area contributed by atoms with Gasteiger partial charge in [0.25, 0.3) is 5.91 Å². The SMILES string of the molecule is COc1cc(/C=C2/C(=O)N(c3ccc(Cl)c(C(=O)O)c3)N=C2C)cc(Br)c1O. The van der Waals surface area contributed by atoms with Crippen molar-refractivity contribution in [2.45, 2.75) is 6.92 Å². The minimum atomic E-state index is -1.20. The lowest BCUT2D eigenvalue weighted by molar-refractivity contribution is -0.114. The molecular weight excluding hydrogens is 452 g/mol. The van der Waals surface area contributed by atoms with Crippen molar-refractivity contribution >= 4 is 56.9 Å². The summed E-state index contributed by atoms with van der Waals surface area (Å²) in [5.74, 6) is -1.41. The molecule has 1 aliphatic rings. The molecular formula is C19H14BrClN2O5. The number of benzene rings is 2. The third-order valence-electron chi connectivity index (χ3n) is 4.07. The number of rotatable bonds is 4. The zero-order valence-electron chi connectivity index (χ0n) is 14.7. The van der Waals surface area contributed by atoms with E-state index >= 15 is 0 Å². The maximum atomic E-state index is 12.9. The molecule has 2 aromatic carbocycles. The minimum absolute atomic E-state index is 0.0446. The van der Waals surface area contributed by atoms with Crippen molar-refractivity contribution in [3.63, 3.8) is 0 Å². The zero-order chi connectivity index (χ0) is 20.6. The van der Waals surface area contributed by atoms with Gasteiger partial charge in [-0.05, 0) is 64.8 Å². The number of halogens is 2. The van der Waals surface area contributed by atoms with Crippen molar-refractivity contribution in [2.24, 2.45) is 5.10 Å². The predicted molar refractivity (Wildman–Crippen MR) is 109 cm³/mol. The molecule has 0 fully saturated rings. The van der Waals surface area contributed by atoms with Crippen molar-refractivity contribution in [3.8, 4) is 11.5 Å². The van der Waals surface area contributed by atoms with Crippen LogP contribution in [0.3, 0.4) is 0 Å². The molecule has 1 aliphatic heterocycles. The third kappa shape index (κ3) is 3.61. The summed E-state index contributed by atoms with van der Waals surface area (Å²) in [6.07, 6.45) is 1.61. The van der Waals surface area contributed by atoms with Crippen LogP contribution in [0.2, 0.25) is 5.02 Å². The Morgan fingerprint density at radius 2 is 2.04 bits per heavy atom. The van der Waals surface area contributed by atoms with Gasteiger partial charge in [-0.15, -0.1) is 0 Å². The fourth-order valence-corrected chi connectivity index (χ4v) is 3.33. The number of amides is 1. The second kappa shape index (κ2) is 7.65. The first-order chi connectivity index (χ1) is 13.2. The molecule has 1 amide bonds. The number of carbonyl (C=O) groups is 2. The van der Waals surface area contributed by atoms with Crippen molar-refractivity contribution in [2.75, 3.05) is 12.1 Å². The van der Waals surface area contributed by atoms with Crippen LogP contribution >= 0.6 is 27.5 Å². The number of aromatic hydroxyl groups is 1. The average molecular weight is 466 g/mol. The van der Waals surface area contributed by atoms with E-state index in [4.69, 9.17) is 16.3 Å². The summed E-state index contributed by atoms with van der Waals surface area (Å²) in [4.78, 5) is 24.2. The number of carbonyl (C=O) groups excluding carboxylic acids is 1. The third-order valence-corrected chi connectivity index (χ3v) is 5.00. The van der Waals surface area contributed by atoms with Crippen LogP contribution in [0.1, 0.15) is 22.8 Å². The molecule has 0 unspecified atom stereocenters. The van der Waals surface area contributed by atoms with Gasteiger partial charge in [0.05, 0.1) is 39.1 Å². The summed E-state index contributed by atoms with van der Waals surface area (Å²) in [6.45, 7) is 1.67. The summed E-state index contributed by atoms with van der Waals surface area (Å²) in [6, 6.07) is 7.44. The van der Waals surface area contributed by atoms with Gasteiger partial charge in [-0.3, -0.25) is 4.79 Å². The summed E-state index contributed by atoms with van der Waals surface area (Å²) < 4.78 is 5.54. The molecule has 0 atom stereocenters. The maximum Gasteiger partial charge on any atom is 0.337 e. The molecule has 0 radical (unpaired) electrons. The summed E-state index contributed by atoms with van der Waals surface area (Å²) >= 11 is 9.13. The second-order valence-electron chi connectivity index (χ2n) is 5.88. The number of carboxylic acid groups (broad SMARTS) is 1.